The van der Waals surface area contributed by atoms with Gasteiger partial charge in [-0.3, -0.25) is 4.90 Å². The molecule has 0 saturated carbocycles. The third kappa shape index (κ3) is 4.65. The molecule has 2 N–H and O–H groups in total. The van der Waals surface area contributed by atoms with Crippen LogP contribution in [0.15, 0.2) is 42.6 Å². The van der Waals surface area contributed by atoms with Crippen molar-refractivity contribution in [3.05, 3.63) is 48.2 Å². The number of aromatic nitrogens is 1. The maximum atomic E-state index is 12.7. The fraction of sp³-hybridized carbons (Fsp3) is 0.368. The number of urea groups is 1. The molecule has 9 heteroatoms. The average Bonchev–Trinajstić information content (AvgIpc) is 2.94. The smallest absolute Gasteiger partial charge is 0.419 e. The van der Waals surface area contributed by atoms with Crippen molar-refractivity contribution >= 4 is 17.5 Å². The van der Waals surface area contributed by atoms with Crippen LogP contribution in [0.1, 0.15) is 12.0 Å². The number of aromatic amines is 1. The highest BCUT2D eigenvalue weighted by atomic mass is 19.4. The van der Waals surface area contributed by atoms with E-state index in [1.807, 2.05) is 17.0 Å². The van der Waals surface area contributed by atoms with E-state index in [1.165, 1.54) is 13.2 Å². The first kappa shape index (κ1) is 19.8. The Morgan fingerprint density at radius 1 is 1.11 bits per heavy atom. The van der Waals surface area contributed by atoms with E-state index < -0.39 is 11.7 Å². The highest BCUT2D eigenvalue weighted by molar-refractivity contribution is 5.91. The SMILES string of the molecule is COc1ccccc1NC(=O)N1CCCN(c2ccc(C(F)(F)F)c[nH+]2)CC1. The van der Waals surface area contributed by atoms with Gasteiger partial charge in [0.25, 0.3) is 5.82 Å². The molecule has 0 aliphatic carbocycles. The van der Waals surface area contributed by atoms with E-state index in [1.54, 1.807) is 17.0 Å². The van der Waals surface area contributed by atoms with Gasteiger partial charge in [-0.2, -0.15) is 13.2 Å². The minimum Gasteiger partial charge on any atom is -0.495 e. The number of hydrogen-bond acceptors (Lipinski definition) is 3. The Hall–Kier alpha value is -2.97. The maximum absolute atomic E-state index is 12.7. The van der Waals surface area contributed by atoms with Crippen molar-refractivity contribution in [1.82, 2.24) is 4.90 Å². The van der Waals surface area contributed by atoms with Crippen molar-refractivity contribution < 1.29 is 27.7 Å². The minimum absolute atomic E-state index is 0.234. The van der Waals surface area contributed by atoms with Crippen LogP contribution in [-0.4, -0.2) is 44.2 Å². The van der Waals surface area contributed by atoms with Crippen LogP contribution < -0.4 is 19.9 Å². The Bertz CT molecular complexity index is 812. The molecule has 2 amide bonds. The molecule has 150 valence electrons. The molecule has 1 aliphatic rings. The molecule has 1 aromatic carbocycles. The first-order valence-corrected chi connectivity index (χ1v) is 8.91. The minimum atomic E-state index is -4.37. The van der Waals surface area contributed by atoms with Crippen LogP contribution >= 0.6 is 0 Å². The molecule has 3 rings (SSSR count). The van der Waals surface area contributed by atoms with Gasteiger partial charge in [0, 0.05) is 19.0 Å². The van der Waals surface area contributed by atoms with E-state index in [2.05, 4.69) is 10.3 Å². The van der Waals surface area contributed by atoms with Gasteiger partial charge in [-0.15, -0.1) is 0 Å². The number of nitrogens with zero attached hydrogens (tertiary/aromatic N) is 2. The second-order valence-electron chi connectivity index (χ2n) is 6.42. The van der Waals surface area contributed by atoms with E-state index in [-0.39, 0.29) is 6.03 Å². The normalized spacial score (nSPS) is 15.1. The first-order chi connectivity index (χ1) is 13.4. The topological polar surface area (TPSA) is 59.0 Å². The Morgan fingerprint density at radius 2 is 1.89 bits per heavy atom. The maximum Gasteiger partial charge on any atom is 0.419 e. The number of halogens is 3. The largest absolute Gasteiger partial charge is 0.495 e. The zero-order valence-corrected chi connectivity index (χ0v) is 15.4. The van der Waals surface area contributed by atoms with E-state index in [9.17, 15) is 18.0 Å². The monoisotopic (exact) mass is 395 g/mol. The number of alkyl halides is 3. The first-order valence-electron chi connectivity index (χ1n) is 8.91. The number of ether oxygens (including phenoxy) is 1. The molecule has 6 nitrogen and oxygen atoms in total. The summed E-state index contributed by atoms with van der Waals surface area (Å²) in [6.45, 7) is 2.16. The molecule has 1 fully saturated rings. The van der Waals surface area contributed by atoms with Gasteiger partial charge >= 0.3 is 12.2 Å². The molecule has 0 atom stereocenters. The van der Waals surface area contributed by atoms with Crippen LogP contribution in [0.5, 0.6) is 5.75 Å². The third-order valence-corrected chi connectivity index (χ3v) is 4.60. The van der Waals surface area contributed by atoms with Gasteiger partial charge in [-0.1, -0.05) is 12.1 Å². The number of pyridine rings is 1. The number of rotatable bonds is 3. The summed E-state index contributed by atoms with van der Waals surface area (Å²) in [6.07, 6.45) is -2.71. The Labute approximate surface area is 160 Å². The second kappa shape index (κ2) is 8.37. The molecule has 1 saturated heterocycles. The fourth-order valence-electron chi connectivity index (χ4n) is 3.09. The average molecular weight is 395 g/mol. The van der Waals surface area contributed by atoms with E-state index >= 15 is 0 Å². The summed E-state index contributed by atoms with van der Waals surface area (Å²) in [7, 11) is 1.54. The second-order valence-corrected chi connectivity index (χ2v) is 6.42. The number of methoxy groups -OCH3 is 1. The Morgan fingerprint density at radius 3 is 2.57 bits per heavy atom. The number of benzene rings is 1. The molecule has 2 aromatic rings. The number of nitrogens with one attached hydrogen (secondary N) is 2. The summed E-state index contributed by atoms with van der Waals surface area (Å²) >= 11 is 0. The predicted octanol–water partition coefficient (Wildman–Crippen LogP) is 3.27. The standard InChI is InChI=1S/C19H21F3N4O2/c1-28-16-6-3-2-5-15(16)24-18(27)26-10-4-9-25(11-12-26)17-8-7-14(13-23-17)19(20,21)22/h2-3,5-8,13H,4,9-12H2,1H3,(H,24,27)/p+1. The van der Waals surface area contributed by atoms with Crippen molar-refractivity contribution in [2.24, 2.45) is 0 Å². The molecule has 2 heterocycles. The lowest BCUT2D eigenvalue weighted by atomic mass is 10.2. The number of anilines is 2. The van der Waals surface area contributed by atoms with Crippen LogP contribution in [-0.2, 0) is 6.18 Å². The molecule has 0 spiro atoms. The lowest BCUT2D eigenvalue weighted by Gasteiger charge is -2.21. The van der Waals surface area contributed by atoms with Gasteiger partial charge in [0.15, 0.2) is 0 Å². The molecule has 28 heavy (non-hydrogen) atoms. The number of H-pyrrole nitrogens is 1. The summed E-state index contributed by atoms with van der Waals surface area (Å²) < 4.78 is 43.4. The lowest BCUT2D eigenvalue weighted by molar-refractivity contribution is -0.367. The number of hydrogen-bond donors (Lipinski definition) is 1. The van der Waals surface area contributed by atoms with Crippen molar-refractivity contribution in [2.45, 2.75) is 12.6 Å². The molecule has 0 unspecified atom stereocenters. The van der Waals surface area contributed by atoms with E-state index in [0.29, 0.717) is 49.9 Å². The summed E-state index contributed by atoms with van der Waals surface area (Å²) in [4.78, 5) is 18.9. The summed E-state index contributed by atoms with van der Waals surface area (Å²) in [5, 5.41) is 2.85. The number of carbonyl (C=O) groups excluding carboxylic acids is 1. The van der Waals surface area contributed by atoms with E-state index in [4.69, 9.17) is 4.74 Å². The molecule has 1 aliphatic heterocycles. The van der Waals surface area contributed by atoms with Crippen LogP contribution in [0.4, 0.5) is 29.5 Å². The molecule has 1 aromatic heterocycles. The number of para-hydroxylation sites is 2. The Balaban J connectivity index is 1.62. The van der Waals surface area contributed by atoms with Crippen molar-refractivity contribution in [3.8, 4) is 5.75 Å². The van der Waals surface area contributed by atoms with Crippen molar-refractivity contribution in [1.29, 1.82) is 0 Å². The fourth-order valence-corrected chi connectivity index (χ4v) is 3.09. The number of carbonyl (C=O) groups is 1. The van der Waals surface area contributed by atoms with E-state index in [0.717, 1.165) is 12.3 Å². The van der Waals surface area contributed by atoms with Gasteiger partial charge in [-0.25, -0.2) is 9.78 Å². The van der Waals surface area contributed by atoms with Crippen LogP contribution in [0.3, 0.4) is 0 Å². The zero-order valence-electron chi connectivity index (χ0n) is 15.4. The summed E-state index contributed by atoms with van der Waals surface area (Å²) in [5.74, 6) is 1.17. The molecular weight excluding hydrogens is 373 g/mol. The lowest BCUT2D eigenvalue weighted by Crippen LogP contribution is -2.39. The predicted molar refractivity (Wildman–Crippen MR) is 98.4 cm³/mol. The Kier molecular flexibility index (Phi) is 5.91. The van der Waals surface area contributed by atoms with Gasteiger partial charge in [0.1, 0.15) is 18.5 Å². The molecular formula is C19H22F3N4O2+. The number of amides is 2. The van der Waals surface area contributed by atoms with Gasteiger partial charge in [0.2, 0.25) is 0 Å². The van der Waals surface area contributed by atoms with Gasteiger partial charge < -0.3 is 15.0 Å². The van der Waals surface area contributed by atoms with Crippen LogP contribution in [0.2, 0.25) is 0 Å². The highest BCUT2D eigenvalue weighted by Gasteiger charge is 2.32. The van der Waals surface area contributed by atoms with Crippen molar-refractivity contribution in [2.75, 3.05) is 43.5 Å². The third-order valence-electron chi connectivity index (χ3n) is 4.60. The summed E-state index contributed by atoms with van der Waals surface area (Å²) in [6, 6.07) is 9.40. The molecule has 0 radical (unpaired) electrons. The van der Waals surface area contributed by atoms with Crippen LogP contribution in [0.25, 0.3) is 0 Å². The van der Waals surface area contributed by atoms with Gasteiger partial charge in [-0.05, 0) is 18.2 Å². The van der Waals surface area contributed by atoms with Crippen LogP contribution in [0, 0.1) is 0 Å². The summed E-state index contributed by atoms with van der Waals surface area (Å²) in [5.41, 5.74) is -0.129. The van der Waals surface area contributed by atoms with Gasteiger partial charge in [0.05, 0.1) is 31.5 Å². The quantitative estimate of drug-likeness (QED) is 0.868. The molecule has 0 bridgehead atoms. The van der Waals surface area contributed by atoms with Crippen molar-refractivity contribution in [3.63, 3.8) is 0 Å². The highest BCUT2D eigenvalue weighted by Crippen LogP contribution is 2.28. The zero-order chi connectivity index (χ0) is 20.1.